The molecule has 2 heterocycles. The molecule has 2 aromatic heterocycles. The van der Waals surface area contributed by atoms with Gasteiger partial charge in [-0.1, -0.05) is 12.1 Å². The molecule has 0 saturated carbocycles. The summed E-state index contributed by atoms with van der Waals surface area (Å²) in [6.45, 7) is 0.723. The number of anilines is 2. The maximum atomic E-state index is 4.45. The standard InChI is InChI=1S/C16H17N5/c1-21(2)13-5-3-4-12(10-13)11-19-15-7-6-14-16(20-15)18-9-8-17-14/h3-10H,11H2,1-2H3,(H,18,19,20). The maximum Gasteiger partial charge on any atom is 0.180 e. The molecule has 106 valence electrons. The lowest BCUT2D eigenvalue weighted by Crippen LogP contribution is -2.09. The summed E-state index contributed by atoms with van der Waals surface area (Å²) in [5.74, 6) is 0.804. The molecule has 5 heteroatoms. The minimum Gasteiger partial charge on any atom is -0.378 e. The Hall–Kier alpha value is -2.69. The number of rotatable bonds is 4. The van der Waals surface area contributed by atoms with Crippen molar-refractivity contribution in [1.29, 1.82) is 0 Å². The molecule has 0 unspecified atom stereocenters. The summed E-state index contributed by atoms with van der Waals surface area (Å²) in [4.78, 5) is 15.0. The van der Waals surface area contributed by atoms with Crippen LogP contribution in [0.25, 0.3) is 11.2 Å². The Kier molecular flexibility index (Phi) is 3.64. The van der Waals surface area contributed by atoms with Crippen molar-refractivity contribution in [3.05, 3.63) is 54.4 Å². The predicted octanol–water partition coefficient (Wildman–Crippen LogP) is 2.70. The lowest BCUT2D eigenvalue weighted by atomic mass is 10.2. The largest absolute Gasteiger partial charge is 0.378 e. The van der Waals surface area contributed by atoms with E-state index < -0.39 is 0 Å². The van der Waals surface area contributed by atoms with E-state index in [9.17, 15) is 0 Å². The molecule has 0 atom stereocenters. The zero-order chi connectivity index (χ0) is 14.7. The molecular weight excluding hydrogens is 262 g/mol. The van der Waals surface area contributed by atoms with Crippen LogP contribution in [0.5, 0.6) is 0 Å². The maximum absolute atomic E-state index is 4.45. The molecule has 0 radical (unpaired) electrons. The fourth-order valence-electron chi connectivity index (χ4n) is 2.09. The fraction of sp³-hybridized carbons (Fsp3) is 0.188. The van der Waals surface area contributed by atoms with Crippen LogP contribution in [-0.2, 0) is 6.54 Å². The van der Waals surface area contributed by atoms with Crippen molar-refractivity contribution in [3.8, 4) is 0 Å². The Bertz CT molecular complexity index is 754. The van der Waals surface area contributed by atoms with Crippen LogP contribution in [0.3, 0.4) is 0 Å². The highest BCUT2D eigenvalue weighted by molar-refractivity contribution is 5.71. The third-order valence-electron chi connectivity index (χ3n) is 3.23. The average Bonchev–Trinajstić information content (AvgIpc) is 2.53. The summed E-state index contributed by atoms with van der Waals surface area (Å²) < 4.78 is 0. The van der Waals surface area contributed by atoms with E-state index in [0.29, 0.717) is 5.65 Å². The van der Waals surface area contributed by atoms with E-state index in [1.165, 1.54) is 11.3 Å². The van der Waals surface area contributed by atoms with Gasteiger partial charge in [-0.15, -0.1) is 0 Å². The number of fused-ring (bicyclic) bond motifs is 1. The van der Waals surface area contributed by atoms with E-state index in [1.54, 1.807) is 12.4 Å². The zero-order valence-corrected chi connectivity index (χ0v) is 12.1. The van der Waals surface area contributed by atoms with Crippen LogP contribution in [0.15, 0.2) is 48.8 Å². The van der Waals surface area contributed by atoms with Crippen LogP contribution in [0, 0.1) is 0 Å². The van der Waals surface area contributed by atoms with Gasteiger partial charge in [0.1, 0.15) is 11.3 Å². The molecule has 5 nitrogen and oxygen atoms in total. The van der Waals surface area contributed by atoms with Crippen molar-refractivity contribution >= 4 is 22.7 Å². The van der Waals surface area contributed by atoms with Gasteiger partial charge in [-0.3, -0.25) is 4.98 Å². The van der Waals surface area contributed by atoms with Gasteiger partial charge >= 0.3 is 0 Å². The Morgan fingerprint density at radius 2 is 1.90 bits per heavy atom. The van der Waals surface area contributed by atoms with Gasteiger partial charge in [0.15, 0.2) is 5.65 Å². The van der Waals surface area contributed by atoms with E-state index in [2.05, 4.69) is 49.4 Å². The fourth-order valence-corrected chi connectivity index (χ4v) is 2.09. The molecule has 1 aromatic carbocycles. The highest BCUT2D eigenvalue weighted by Gasteiger charge is 2.01. The minimum absolute atomic E-state index is 0.657. The van der Waals surface area contributed by atoms with Gasteiger partial charge in [-0.05, 0) is 29.8 Å². The van der Waals surface area contributed by atoms with Crippen molar-refractivity contribution in [2.24, 2.45) is 0 Å². The molecule has 3 rings (SSSR count). The molecule has 0 aliphatic heterocycles. The monoisotopic (exact) mass is 279 g/mol. The molecule has 21 heavy (non-hydrogen) atoms. The van der Waals surface area contributed by atoms with E-state index in [1.807, 2.05) is 26.2 Å². The molecule has 0 saturated heterocycles. The number of nitrogens with zero attached hydrogens (tertiary/aromatic N) is 4. The summed E-state index contributed by atoms with van der Waals surface area (Å²) in [6.07, 6.45) is 3.32. The zero-order valence-electron chi connectivity index (χ0n) is 12.1. The van der Waals surface area contributed by atoms with Crippen molar-refractivity contribution in [2.75, 3.05) is 24.3 Å². The quantitative estimate of drug-likeness (QED) is 0.795. The van der Waals surface area contributed by atoms with Crippen molar-refractivity contribution in [2.45, 2.75) is 6.54 Å². The van der Waals surface area contributed by atoms with Crippen molar-refractivity contribution < 1.29 is 0 Å². The van der Waals surface area contributed by atoms with Crippen molar-refractivity contribution in [3.63, 3.8) is 0 Å². The molecular formula is C16H17N5. The molecule has 3 aromatic rings. The third-order valence-corrected chi connectivity index (χ3v) is 3.23. The Balaban J connectivity index is 1.75. The van der Waals surface area contributed by atoms with E-state index in [4.69, 9.17) is 0 Å². The molecule has 0 spiro atoms. The Labute approximate surface area is 123 Å². The SMILES string of the molecule is CN(C)c1cccc(CNc2ccc3nccnc3n2)c1. The van der Waals surface area contributed by atoms with E-state index in [0.717, 1.165) is 17.9 Å². The van der Waals surface area contributed by atoms with Crippen LogP contribution < -0.4 is 10.2 Å². The third kappa shape index (κ3) is 3.08. The van der Waals surface area contributed by atoms with Gasteiger partial charge in [-0.2, -0.15) is 0 Å². The lowest BCUT2D eigenvalue weighted by Gasteiger charge is -2.14. The van der Waals surface area contributed by atoms with Gasteiger partial charge in [0.05, 0.1) is 0 Å². The van der Waals surface area contributed by atoms with Crippen LogP contribution in [0.1, 0.15) is 5.56 Å². The normalized spacial score (nSPS) is 10.6. The number of nitrogens with one attached hydrogen (secondary N) is 1. The summed E-state index contributed by atoms with van der Waals surface area (Å²) in [5, 5.41) is 3.32. The highest BCUT2D eigenvalue weighted by Crippen LogP contribution is 2.15. The number of pyridine rings is 1. The molecule has 0 bridgehead atoms. The smallest absolute Gasteiger partial charge is 0.180 e. The summed E-state index contributed by atoms with van der Waals surface area (Å²) >= 11 is 0. The summed E-state index contributed by atoms with van der Waals surface area (Å²) in [7, 11) is 4.08. The second-order valence-electron chi connectivity index (χ2n) is 5.01. The first kappa shape index (κ1) is 13.3. The average molecular weight is 279 g/mol. The minimum atomic E-state index is 0.657. The van der Waals surface area contributed by atoms with Gasteiger partial charge in [0, 0.05) is 38.7 Å². The van der Waals surface area contributed by atoms with Crippen LogP contribution in [0.2, 0.25) is 0 Å². The highest BCUT2D eigenvalue weighted by atomic mass is 15.1. The van der Waals surface area contributed by atoms with Gasteiger partial charge in [0.2, 0.25) is 0 Å². The first-order valence-corrected chi connectivity index (χ1v) is 6.80. The topological polar surface area (TPSA) is 53.9 Å². The summed E-state index contributed by atoms with van der Waals surface area (Å²) in [6, 6.07) is 12.3. The molecule has 0 fully saturated rings. The van der Waals surface area contributed by atoms with Crippen LogP contribution in [-0.4, -0.2) is 29.0 Å². The van der Waals surface area contributed by atoms with E-state index in [-0.39, 0.29) is 0 Å². The van der Waals surface area contributed by atoms with Crippen LogP contribution in [0.4, 0.5) is 11.5 Å². The van der Waals surface area contributed by atoms with E-state index >= 15 is 0 Å². The second kappa shape index (κ2) is 5.75. The van der Waals surface area contributed by atoms with Gasteiger partial charge < -0.3 is 10.2 Å². The van der Waals surface area contributed by atoms with Gasteiger partial charge in [-0.25, -0.2) is 9.97 Å². The number of hydrogen-bond donors (Lipinski definition) is 1. The molecule has 0 aliphatic rings. The molecule has 0 aliphatic carbocycles. The number of benzene rings is 1. The molecule has 1 N–H and O–H groups in total. The summed E-state index contributed by atoms with van der Waals surface area (Å²) in [5.41, 5.74) is 3.86. The first-order valence-electron chi connectivity index (χ1n) is 6.80. The van der Waals surface area contributed by atoms with Crippen LogP contribution >= 0.6 is 0 Å². The first-order chi connectivity index (χ1) is 10.2. The van der Waals surface area contributed by atoms with Gasteiger partial charge in [0.25, 0.3) is 0 Å². The predicted molar refractivity (Wildman–Crippen MR) is 85.4 cm³/mol. The Morgan fingerprint density at radius 3 is 2.76 bits per heavy atom. The number of aromatic nitrogens is 3. The molecule has 0 amide bonds. The Morgan fingerprint density at radius 1 is 1.05 bits per heavy atom. The number of hydrogen-bond acceptors (Lipinski definition) is 5. The lowest BCUT2D eigenvalue weighted by molar-refractivity contribution is 1.09. The second-order valence-corrected chi connectivity index (χ2v) is 5.01. The van der Waals surface area contributed by atoms with Crippen molar-refractivity contribution in [1.82, 2.24) is 15.0 Å².